The third-order valence-electron chi connectivity index (χ3n) is 11.6. The highest BCUT2D eigenvalue weighted by Gasteiger charge is 2.18. The molecule has 0 saturated carbocycles. The third-order valence-corrected chi connectivity index (χ3v) is 13.4. The smallest absolute Gasteiger partial charge is 0.295 e. The number of anilines is 2. The molecule has 0 aliphatic rings. The van der Waals surface area contributed by atoms with Crippen molar-refractivity contribution in [3.63, 3.8) is 0 Å². The van der Waals surface area contributed by atoms with Gasteiger partial charge in [-0.05, 0) is 48.2 Å². The molecule has 0 radical (unpaired) electrons. The first-order chi connectivity index (χ1) is 29.8. The molecule has 0 fully saturated rings. The van der Waals surface area contributed by atoms with Crippen molar-refractivity contribution in [1.29, 1.82) is 0 Å². The Morgan fingerprint density at radius 1 is 0.419 bits per heavy atom. The molecule has 2 amide bonds. The maximum atomic E-state index is 12.7. The van der Waals surface area contributed by atoms with Gasteiger partial charge in [-0.25, -0.2) is 0 Å². The SMILES string of the molecule is CCCCCCCCCCCCCCCCCC(=O)Nc1ccc(/C=C/c2ccc(NC(=O)CCCCCCCCCCCCCCCCC)cc2S(=O)(=O)O)c(S(=O)(=O)O)c1. The highest BCUT2D eigenvalue weighted by atomic mass is 32.2. The van der Waals surface area contributed by atoms with Crippen LogP contribution < -0.4 is 10.6 Å². The summed E-state index contributed by atoms with van der Waals surface area (Å²) in [6, 6.07) is 8.09. The summed E-state index contributed by atoms with van der Waals surface area (Å²) >= 11 is 0. The fourth-order valence-electron chi connectivity index (χ4n) is 7.89. The molecule has 0 spiro atoms. The molecule has 0 aliphatic carbocycles. The van der Waals surface area contributed by atoms with E-state index in [1.54, 1.807) is 0 Å². The van der Waals surface area contributed by atoms with Gasteiger partial charge in [-0.15, -0.1) is 0 Å². The molecular formula is C50H82N2O8S2. The summed E-state index contributed by atoms with van der Waals surface area (Å²) in [7, 11) is -9.48. The summed E-state index contributed by atoms with van der Waals surface area (Å²) in [6.07, 6.45) is 39.9. The van der Waals surface area contributed by atoms with Crippen molar-refractivity contribution in [1.82, 2.24) is 0 Å². The largest absolute Gasteiger partial charge is 0.326 e. The average molecular weight is 903 g/mol. The molecule has 4 N–H and O–H groups in total. The number of nitrogens with one attached hydrogen (secondary N) is 2. The Morgan fingerprint density at radius 3 is 0.903 bits per heavy atom. The first-order valence-electron chi connectivity index (χ1n) is 24.4. The minimum atomic E-state index is -4.74. The highest BCUT2D eigenvalue weighted by Crippen LogP contribution is 2.27. The van der Waals surface area contributed by atoms with Gasteiger partial charge in [-0.2, -0.15) is 16.8 Å². The van der Waals surface area contributed by atoms with Crippen LogP contribution in [0.2, 0.25) is 0 Å². The van der Waals surface area contributed by atoms with Gasteiger partial charge in [0.1, 0.15) is 9.79 Å². The lowest BCUT2D eigenvalue weighted by atomic mass is 10.0. The first kappa shape index (κ1) is 55.1. The van der Waals surface area contributed by atoms with Gasteiger partial charge in [0.05, 0.1) is 0 Å². The van der Waals surface area contributed by atoms with E-state index in [1.165, 1.54) is 178 Å². The molecule has 0 aliphatic heterocycles. The van der Waals surface area contributed by atoms with Crippen LogP contribution in [0.4, 0.5) is 11.4 Å². The average Bonchev–Trinajstić information content (AvgIpc) is 3.22. The fraction of sp³-hybridized carbons (Fsp3) is 0.680. The second-order valence-corrected chi connectivity index (χ2v) is 20.1. The van der Waals surface area contributed by atoms with Gasteiger partial charge in [-0.1, -0.05) is 218 Å². The number of carbonyl (C=O) groups excluding carboxylic acids is 2. The minimum Gasteiger partial charge on any atom is -0.326 e. The Labute approximate surface area is 376 Å². The van der Waals surface area contributed by atoms with Gasteiger partial charge in [0, 0.05) is 24.2 Å². The van der Waals surface area contributed by atoms with Gasteiger partial charge in [0.25, 0.3) is 20.2 Å². The predicted molar refractivity (Wildman–Crippen MR) is 258 cm³/mol. The Kier molecular flexibility index (Phi) is 29.7. The quantitative estimate of drug-likeness (QED) is 0.0293. The summed E-state index contributed by atoms with van der Waals surface area (Å²) < 4.78 is 69.5. The summed E-state index contributed by atoms with van der Waals surface area (Å²) in [5.41, 5.74) is 0.470. The Hall–Kier alpha value is -3.06. The molecule has 0 unspecified atom stereocenters. The standard InChI is InChI=1S/C50H82N2O8S2/c1-3-5-7-9-11-13-15-17-19-21-23-25-27-29-31-33-49(53)51-45-39-37-43(47(41-45)61(55,56)57)35-36-44-38-40-46(42-48(44)62(58,59)60)52-50(54)34-32-30-28-26-24-22-20-18-16-14-12-10-8-6-4-2/h35-42H,3-34H2,1-2H3,(H,51,53)(H,52,54)(H,55,56,57)(H,58,59,60)/b36-35+. The van der Waals surface area contributed by atoms with Crippen LogP contribution in [0.3, 0.4) is 0 Å². The van der Waals surface area contributed by atoms with Crippen LogP contribution in [-0.2, 0) is 29.8 Å². The highest BCUT2D eigenvalue weighted by molar-refractivity contribution is 7.86. The van der Waals surface area contributed by atoms with Gasteiger partial charge in [-0.3, -0.25) is 18.7 Å². The molecule has 352 valence electrons. The Morgan fingerprint density at radius 2 is 0.661 bits per heavy atom. The van der Waals surface area contributed by atoms with E-state index in [2.05, 4.69) is 24.5 Å². The van der Waals surface area contributed by atoms with Gasteiger partial charge < -0.3 is 10.6 Å². The maximum Gasteiger partial charge on any atom is 0.295 e. The zero-order valence-electron chi connectivity index (χ0n) is 38.4. The molecule has 12 heteroatoms. The van der Waals surface area contributed by atoms with Crippen LogP contribution in [0.15, 0.2) is 46.2 Å². The van der Waals surface area contributed by atoms with E-state index in [-0.39, 0.29) is 47.2 Å². The molecular weight excluding hydrogens is 821 g/mol. The Balaban J connectivity index is 1.78. The van der Waals surface area contributed by atoms with Crippen molar-refractivity contribution in [2.24, 2.45) is 0 Å². The molecule has 2 aromatic carbocycles. The van der Waals surface area contributed by atoms with E-state index in [9.17, 15) is 35.5 Å². The summed E-state index contributed by atoms with van der Waals surface area (Å²) in [5.74, 6) is -0.520. The molecule has 0 saturated heterocycles. The summed E-state index contributed by atoms with van der Waals surface area (Å²) in [6.45, 7) is 4.49. The van der Waals surface area contributed by atoms with E-state index in [1.807, 2.05) is 0 Å². The van der Waals surface area contributed by atoms with Crippen LogP contribution >= 0.6 is 0 Å². The summed E-state index contributed by atoms with van der Waals surface area (Å²) in [5, 5.41) is 5.42. The monoisotopic (exact) mass is 903 g/mol. The first-order valence-corrected chi connectivity index (χ1v) is 27.2. The minimum absolute atomic E-state index is 0.0371. The van der Waals surface area contributed by atoms with Crippen molar-refractivity contribution in [2.75, 3.05) is 10.6 Å². The lowest BCUT2D eigenvalue weighted by Gasteiger charge is -2.10. The number of carbonyl (C=O) groups is 2. The van der Waals surface area contributed by atoms with Crippen LogP contribution in [0.25, 0.3) is 12.2 Å². The molecule has 2 aromatic rings. The lowest BCUT2D eigenvalue weighted by molar-refractivity contribution is -0.117. The topological polar surface area (TPSA) is 167 Å². The molecule has 0 aromatic heterocycles. The third kappa shape index (κ3) is 26.5. The normalized spacial score (nSPS) is 12.0. The molecule has 0 atom stereocenters. The second kappa shape index (κ2) is 33.4. The number of amides is 2. The Bertz CT molecular complexity index is 1660. The van der Waals surface area contributed by atoms with Crippen molar-refractivity contribution in [3.8, 4) is 0 Å². The maximum absolute atomic E-state index is 12.7. The number of unbranched alkanes of at least 4 members (excludes halogenated alkanes) is 28. The zero-order valence-corrected chi connectivity index (χ0v) is 40.0. The number of benzene rings is 2. The number of hydrogen-bond donors (Lipinski definition) is 4. The van der Waals surface area contributed by atoms with E-state index < -0.39 is 30.0 Å². The van der Waals surface area contributed by atoms with Crippen molar-refractivity contribution in [3.05, 3.63) is 47.5 Å². The van der Waals surface area contributed by atoms with Crippen LogP contribution in [0.5, 0.6) is 0 Å². The van der Waals surface area contributed by atoms with Gasteiger partial charge in [0.15, 0.2) is 0 Å². The number of rotatable bonds is 38. The molecule has 10 nitrogen and oxygen atoms in total. The van der Waals surface area contributed by atoms with Crippen LogP contribution in [0.1, 0.15) is 230 Å². The van der Waals surface area contributed by atoms with Crippen molar-refractivity contribution >= 4 is 55.6 Å². The molecule has 62 heavy (non-hydrogen) atoms. The molecule has 2 rings (SSSR count). The van der Waals surface area contributed by atoms with Gasteiger partial charge >= 0.3 is 0 Å². The van der Waals surface area contributed by atoms with E-state index in [0.29, 0.717) is 12.8 Å². The van der Waals surface area contributed by atoms with Crippen molar-refractivity contribution in [2.45, 2.75) is 229 Å². The lowest BCUT2D eigenvalue weighted by Crippen LogP contribution is -2.12. The summed E-state index contributed by atoms with van der Waals surface area (Å²) in [4.78, 5) is 24.3. The molecule has 0 heterocycles. The molecule has 0 bridgehead atoms. The van der Waals surface area contributed by atoms with Gasteiger partial charge in [0.2, 0.25) is 11.8 Å². The van der Waals surface area contributed by atoms with E-state index in [0.717, 1.165) is 50.7 Å². The van der Waals surface area contributed by atoms with Crippen molar-refractivity contribution < 1.29 is 35.5 Å². The second-order valence-electron chi connectivity index (χ2n) is 17.3. The van der Waals surface area contributed by atoms with Crippen LogP contribution in [-0.4, -0.2) is 37.8 Å². The van der Waals surface area contributed by atoms with E-state index in [4.69, 9.17) is 0 Å². The number of hydrogen-bond acceptors (Lipinski definition) is 6. The van der Waals surface area contributed by atoms with E-state index >= 15 is 0 Å². The zero-order chi connectivity index (χ0) is 45.3. The predicted octanol–water partition coefficient (Wildman–Crippen LogP) is 14.8. The van der Waals surface area contributed by atoms with Crippen LogP contribution in [0, 0.1) is 0 Å². The fourth-order valence-corrected chi connectivity index (χ4v) is 9.31.